The van der Waals surface area contributed by atoms with Gasteiger partial charge in [0.25, 0.3) is 10.0 Å². The number of sulfonamides is 1. The molecule has 0 spiro atoms. The second-order valence-corrected chi connectivity index (χ2v) is 10.0. The molecule has 0 saturated carbocycles. The first-order valence-electron chi connectivity index (χ1n) is 9.89. The minimum Gasteiger partial charge on any atom is -0.308 e. The number of ketones is 1. The third-order valence-corrected chi connectivity index (χ3v) is 7.14. The molecule has 10 heteroatoms. The van der Waals surface area contributed by atoms with E-state index in [9.17, 15) is 18.0 Å². The molecular formula is C23H20N4O4S2. The lowest BCUT2D eigenvalue weighted by atomic mass is 10.1. The van der Waals surface area contributed by atoms with Gasteiger partial charge in [0.1, 0.15) is 0 Å². The van der Waals surface area contributed by atoms with Crippen molar-refractivity contribution >= 4 is 59.9 Å². The Morgan fingerprint density at radius 2 is 1.61 bits per heavy atom. The summed E-state index contributed by atoms with van der Waals surface area (Å²) in [6.07, 6.45) is 0. The monoisotopic (exact) mass is 480 g/mol. The van der Waals surface area contributed by atoms with Crippen LogP contribution in [0.15, 0.2) is 71.6 Å². The van der Waals surface area contributed by atoms with Crippen molar-refractivity contribution in [1.82, 2.24) is 4.98 Å². The van der Waals surface area contributed by atoms with E-state index < -0.39 is 16.1 Å². The normalized spacial score (nSPS) is 11.2. The Hall–Kier alpha value is -3.76. The first kappa shape index (κ1) is 22.4. The van der Waals surface area contributed by atoms with Gasteiger partial charge in [-0.25, -0.2) is 18.2 Å². The van der Waals surface area contributed by atoms with Gasteiger partial charge in [-0.2, -0.15) is 0 Å². The summed E-state index contributed by atoms with van der Waals surface area (Å²) < 4.78 is 28.4. The summed E-state index contributed by atoms with van der Waals surface area (Å²) in [4.78, 5) is 28.3. The van der Waals surface area contributed by atoms with E-state index in [0.29, 0.717) is 27.2 Å². The van der Waals surface area contributed by atoms with Crippen molar-refractivity contribution in [2.24, 2.45) is 0 Å². The minimum absolute atomic E-state index is 0.0940. The Morgan fingerprint density at radius 1 is 0.909 bits per heavy atom. The number of nitrogens with zero attached hydrogens (tertiary/aromatic N) is 1. The number of benzene rings is 3. The van der Waals surface area contributed by atoms with Crippen molar-refractivity contribution in [3.05, 3.63) is 77.9 Å². The SMILES string of the molecule is CC(=O)c1cccc(NC(=O)Nc2ccc3nc(NS(=O)(=O)c4ccc(C)cc4)sc3c2)c1. The highest BCUT2D eigenvalue weighted by atomic mass is 32.2. The predicted molar refractivity (Wildman–Crippen MR) is 131 cm³/mol. The van der Waals surface area contributed by atoms with Gasteiger partial charge in [-0.15, -0.1) is 0 Å². The number of thiazole rings is 1. The number of carbonyl (C=O) groups is 2. The van der Waals surface area contributed by atoms with Crippen LogP contribution in [0.5, 0.6) is 0 Å². The zero-order valence-electron chi connectivity index (χ0n) is 17.7. The molecule has 0 fully saturated rings. The van der Waals surface area contributed by atoms with Gasteiger partial charge in [-0.3, -0.25) is 9.52 Å². The van der Waals surface area contributed by atoms with E-state index in [-0.39, 0.29) is 15.8 Å². The fourth-order valence-corrected chi connectivity index (χ4v) is 5.19. The molecule has 33 heavy (non-hydrogen) atoms. The summed E-state index contributed by atoms with van der Waals surface area (Å²) in [5.74, 6) is -0.0940. The first-order valence-corrected chi connectivity index (χ1v) is 12.2. The number of aromatic nitrogens is 1. The lowest BCUT2D eigenvalue weighted by Crippen LogP contribution is -2.19. The maximum absolute atomic E-state index is 12.6. The van der Waals surface area contributed by atoms with Crippen molar-refractivity contribution < 1.29 is 18.0 Å². The summed E-state index contributed by atoms with van der Waals surface area (Å²) in [5, 5.41) is 5.64. The van der Waals surface area contributed by atoms with Crippen LogP contribution in [0.1, 0.15) is 22.8 Å². The number of hydrogen-bond acceptors (Lipinski definition) is 6. The van der Waals surface area contributed by atoms with Crippen molar-refractivity contribution in [2.45, 2.75) is 18.7 Å². The molecule has 0 aliphatic carbocycles. The fraction of sp³-hybridized carbons (Fsp3) is 0.0870. The predicted octanol–water partition coefficient (Wildman–Crippen LogP) is 5.25. The molecule has 0 aliphatic rings. The van der Waals surface area contributed by atoms with Crippen LogP contribution in [0.2, 0.25) is 0 Å². The van der Waals surface area contributed by atoms with Crippen molar-refractivity contribution in [2.75, 3.05) is 15.4 Å². The molecule has 0 saturated heterocycles. The molecule has 2 amide bonds. The van der Waals surface area contributed by atoms with Crippen molar-refractivity contribution in [3.8, 4) is 0 Å². The van der Waals surface area contributed by atoms with Crippen LogP contribution in [0.3, 0.4) is 0 Å². The lowest BCUT2D eigenvalue weighted by Gasteiger charge is -2.08. The maximum atomic E-state index is 12.6. The smallest absolute Gasteiger partial charge is 0.308 e. The molecule has 0 atom stereocenters. The summed E-state index contributed by atoms with van der Waals surface area (Å²) >= 11 is 1.16. The third-order valence-electron chi connectivity index (χ3n) is 4.73. The van der Waals surface area contributed by atoms with Gasteiger partial charge in [0, 0.05) is 16.9 Å². The average Bonchev–Trinajstić information content (AvgIpc) is 3.14. The molecule has 0 unspecified atom stereocenters. The van der Waals surface area contributed by atoms with Crippen molar-refractivity contribution in [3.63, 3.8) is 0 Å². The number of hydrogen-bond donors (Lipinski definition) is 3. The number of carbonyl (C=O) groups excluding carboxylic acids is 2. The molecule has 4 aromatic rings. The van der Waals surface area contributed by atoms with Gasteiger partial charge in [0.05, 0.1) is 15.1 Å². The van der Waals surface area contributed by atoms with Crippen molar-refractivity contribution in [1.29, 1.82) is 0 Å². The van der Waals surface area contributed by atoms with Gasteiger partial charge in [-0.05, 0) is 56.3 Å². The fourth-order valence-electron chi connectivity index (χ4n) is 3.05. The molecule has 3 N–H and O–H groups in total. The van der Waals surface area contributed by atoms with Crippen LogP contribution in [0.25, 0.3) is 10.2 Å². The van der Waals surface area contributed by atoms with Gasteiger partial charge < -0.3 is 10.6 Å². The quantitative estimate of drug-likeness (QED) is 0.326. The molecule has 0 aliphatic heterocycles. The number of fused-ring (bicyclic) bond motifs is 1. The van der Waals surface area contributed by atoms with Crippen LogP contribution >= 0.6 is 11.3 Å². The highest BCUT2D eigenvalue weighted by molar-refractivity contribution is 7.93. The number of urea groups is 1. The van der Waals surface area contributed by atoms with Gasteiger partial charge in [0.15, 0.2) is 10.9 Å². The molecular weight excluding hydrogens is 460 g/mol. The van der Waals surface area contributed by atoms with Crippen LogP contribution in [-0.4, -0.2) is 25.2 Å². The first-order chi connectivity index (χ1) is 15.7. The van der Waals surface area contributed by atoms with Crippen LogP contribution in [0.4, 0.5) is 21.3 Å². The minimum atomic E-state index is -3.76. The molecule has 4 rings (SSSR count). The lowest BCUT2D eigenvalue weighted by molar-refractivity contribution is 0.101. The average molecular weight is 481 g/mol. The second kappa shape index (κ2) is 9.00. The van der Waals surface area contributed by atoms with E-state index in [2.05, 4.69) is 20.3 Å². The Balaban J connectivity index is 1.47. The van der Waals surface area contributed by atoms with E-state index in [0.717, 1.165) is 16.9 Å². The number of rotatable bonds is 6. The molecule has 0 radical (unpaired) electrons. The second-order valence-electron chi connectivity index (χ2n) is 7.34. The van der Waals surface area contributed by atoms with Crippen LogP contribution in [-0.2, 0) is 10.0 Å². The Labute approximate surface area is 194 Å². The number of Topliss-reactive ketones (excluding diaryl/α,β-unsaturated/α-hetero) is 1. The van der Waals surface area contributed by atoms with Gasteiger partial charge in [0.2, 0.25) is 0 Å². The van der Waals surface area contributed by atoms with E-state index in [1.54, 1.807) is 54.6 Å². The molecule has 1 aromatic heterocycles. The molecule has 1 heterocycles. The van der Waals surface area contributed by atoms with Crippen LogP contribution < -0.4 is 15.4 Å². The number of aryl methyl sites for hydroxylation is 1. The highest BCUT2D eigenvalue weighted by Gasteiger charge is 2.17. The molecule has 0 bridgehead atoms. The number of anilines is 3. The summed E-state index contributed by atoms with van der Waals surface area (Å²) in [6, 6.07) is 17.8. The molecule has 3 aromatic carbocycles. The standard InChI is InChI=1S/C23H20N4O4S2/c1-14-6-9-19(10-7-14)33(30,31)27-23-26-20-11-8-18(13-21(20)32-23)25-22(29)24-17-5-3-4-16(12-17)15(2)28/h3-13H,1-2H3,(H,26,27)(H2,24,25,29). The Kier molecular flexibility index (Phi) is 6.12. The summed E-state index contributed by atoms with van der Waals surface area (Å²) in [5.41, 5.74) is 3.07. The van der Waals surface area contributed by atoms with Crippen LogP contribution in [0, 0.1) is 6.92 Å². The third kappa shape index (κ3) is 5.36. The van der Waals surface area contributed by atoms with Gasteiger partial charge in [-0.1, -0.05) is 41.2 Å². The molecule has 8 nitrogen and oxygen atoms in total. The highest BCUT2D eigenvalue weighted by Crippen LogP contribution is 2.30. The largest absolute Gasteiger partial charge is 0.323 e. The summed E-state index contributed by atoms with van der Waals surface area (Å²) in [6.45, 7) is 3.34. The zero-order valence-corrected chi connectivity index (χ0v) is 19.4. The Morgan fingerprint density at radius 3 is 2.30 bits per heavy atom. The molecule has 168 valence electrons. The van der Waals surface area contributed by atoms with E-state index >= 15 is 0 Å². The number of amides is 2. The summed E-state index contributed by atoms with van der Waals surface area (Å²) in [7, 11) is -3.76. The maximum Gasteiger partial charge on any atom is 0.323 e. The van der Waals surface area contributed by atoms with Gasteiger partial charge >= 0.3 is 6.03 Å². The van der Waals surface area contributed by atoms with E-state index in [4.69, 9.17) is 0 Å². The Bertz CT molecular complexity index is 1460. The topological polar surface area (TPSA) is 117 Å². The van der Waals surface area contributed by atoms with E-state index in [1.807, 2.05) is 6.92 Å². The zero-order chi connectivity index (χ0) is 23.6. The van der Waals surface area contributed by atoms with E-state index in [1.165, 1.54) is 19.1 Å². The number of nitrogens with one attached hydrogen (secondary N) is 3.